The van der Waals surface area contributed by atoms with E-state index in [0.29, 0.717) is 6.42 Å². The van der Waals surface area contributed by atoms with E-state index in [1.165, 1.54) is 0 Å². The van der Waals surface area contributed by atoms with Crippen molar-refractivity contribution in [1.29, 1.82) is 0 Å². The number of aryl methyl sites for hydroxylation is 1. The Kier molecular flexibility index (Phi) is 10.5. The second-order valence-electron chi connectivity index (χ2n) is 6.93. The molecule has 0 amide bonds. The highest BCUT2D eigenvalue weighted by molar-refractivity contribution is 7.78. The first-order chi connectivity index (χ1) is 11.9. The molecule has 1 aromatic carbocycles. The van der Waals surface area contributed by atoms with E-state index < -0.39 is 28.8 Å². The van der Waals surface area contributed by atoms with Crippen LogP contribution in [0.15, 0.2) is 23.2 Å². The van der Waals surface area contributed by atoms with Crippen molar-refractivity contribution in [3.8, 4) is 0 Å². The number of hydrogen-bond donors (Lipinski definition) is 1. The average molecular weight is 385 g/mol. The van der Waals surface area contributed by atoms with Gasteiger partial charge < -0.3 is 14.4 Å². The van der Waals surface area contributed by atoms with Gasteiger partial charge >= 0.3 is 5.97 Å². The van der Waals surface area contributed by atoms with Gasteiger partial charge in [0.2, 0.25) is 0 Å². The number of benzene rings is 1. The maximum absolute atomic E-state index is 12.1. The molecule has 26 heavy (non-hydrogen) atoms. The quantitative estimate of drug-likeness (QED) is 0.478. The first-order valence-electron chi connectivity index (χ1n) is 8.43. The number of hydrogen-bond acceptors (Lipinski definition) is 6. The summed E-state index contributed by atoms with van der Waals surface area (Å²) in [7, 11) is 0. The van der Waals surface area contributed by atoms with Crippen molar-refractivity contribution in [2.75, 3.05) is 6.26 Å². The van der Waals surface area contributed by atoms with Crippen LogP contribution < -0.4 is 0 Å². The van der Waals surface area contributed by atoms with Crippen LogP contribution in [0.1, 0.15) is 63.8 Å². The van der Waals surface area contributed by atoms with Crippen molar-refractivity contribution in [3.63, 3.8) is 0 Å². The maximum Gasteiger partial charge on any atom is 0.331 e. The average Bonchev–Trinajstić information content (AvgIpc) is 2.46. The Balaban J connectivity index is 0.00000141. The number of carbonyl (C=O) groups excluding carboxylic acids is 1. The first-order valence-corrected chi connectivity index (χ1v) is 9.91. The molecule has 0 aliphatic rings. The Morgan fingerprint density at radius 1 is 1.42 bits per heavy atom. The summed E-state index contributed by atoms with van der Waals surface area (Å²) in [5, 5.41) is 9.58. The van der Waals surface area contributed by atoms with E-state index in [9.17, 15) is 9.90 Å². The second-order valence-corrected chi connectivity index (χ2v) is 7.73. The van der Waals surface area contributed by atoms with Crippen LogP contribution in [-0.2, 0) is 20.6 Å². The minimum atomic E-state index is -1.86. The maximum atomic E-state index is 12.1. The number of aliphatic hydroxyl groups excluding tert-OH is 1. The van der Waals surface area contributed by atoms with Crippen LogP contribution in [0.3, 0.4) is 0 Å². The molecule has 7 heteroatoms. The highest BCUT2D eigenvalue weighted by Crippen LogP contribution is 2.17. The van der Waals surface area contributed by atoms with Crippen LogP contribution in [0.4, 0.5) is 0 Å². The van der Waals surface area contributed by atoms with E-state index in [0.717, 1.165) is 22.9 Å². The Labute approximate surface area is 159 Å². The fourth-order valence-electron chi connectivity index (χ4n) is 1.98. The van der Waals surface area contributed by atoms with Gasteiger partial charge in [-0.3, -0.25) is 9.20 Å². The molecule has 0 aliphatic carbocycles. The fraction of sp³-hybridized carbons (Fsp3) is 0.579. The number of rotatable bonds is 5. The minimum absolute atomic E-state index is 0.301. The van der Waals surface area contributed by atoms with Gasteiger partial charge in [-0.25, -0.2) is 4.79 Å². The van der Waals surface area contributed by atoms with Gasteiger partial charge in [-0.1, -0.05) is 36.2 Å². The molecule has 0 aliphatic heterocycles. The fourth-order valence-corrected chi connectivity index (χ4v) is 1.98. The third kappa shape index (κ3) is 10.4. The molecule has 1 N–H and O–H groups in total. The normalized spacial score (nSPS) is 15.0. The topological polar surface area (TPSA) is 99.0 Å². The van der Waals surface area contributed by atoms with Gasteiger partial charge in [0.05, 0.1) is 6.10 Å². The largest absolute Gasteiger partial charge is 0.773 e. The Morgan fingerprint density at radius 2 is 1.96 bits per heavy atom. The first kappa shape index (κ1) is 24.4. The molecule has 0 aromatic heterocycles. The van der Waals surface area contributed by atoms with Crippen LogP contribution in [-0.4, -0.2) is 44.0 Å². The third-order valence-corrected chi connectivity index (χ3v) is 3.24. The van der Waals surface area contributed by atoms with E-state index in [4.69, 9.17) is 13.5 Å². The lowest BCUT2D eigenvalue weighted by Crippen LogP contribution is -2.30. The molecular weight excluding hydrogens is 354 g/mol. The Morgan fingerprint density at radius 3 is 2.35 bits per heavy atom. The molecule has 6 nitrogen and oxygen atoms in total. The summed E-state index contributed by atoms with van der Waals surface area (Å²) < 4.78 is 23.4. The summed E-state index contributed by atoms with van der Waals surface area (Å²) in [4.78, 5) is 16.4. The zero-order valence-electron chi connectivity index (χ0n) is 16.6. The molecule has 0 saturated carbocycles. The minimum Gasteiger partial charge on any atom is -0.773 e. The number of aliphatic hydroxyl groups is 1. The van der Waals surface area contributed by atoms with Crippen LogP contribution in [0, 0.1) is 6.92 Å². The monoisotopic (exact) mass is 384 g/mol. The number of ether oxygens (including phenoxy) is 1. The Bertz CT molecular complexity index is 631. The van der Waals surface area contributed by atoms with Crippen molar-refractivity contribution in [1.82, 2.24) is 0 Å². The highest BCUT2D eigenvalue weighted by Gasteiger charge is 2.22. The van der Waals surface area contributed by atoms with E-state index in [2.05, 4.69) is 4.99 Å². The third-order valence-electron chi connectivity index (χ3n) is 3.24. The lowest BCUT2D eigenvalue weighted by atomic mass is 10.0. The van der Waals surface area contributed by atoms with E-state index in [1.807, 2.05) is 52.8 Å². The van der Waals surface area contributed by atoms with Crippen molar-refractivity contribution < 1.29 is 23.4 Å². The zero-order chi connectivity index (χ0) is 20.5. The summed E-state index contributed by atoms with van der Waals surface area (Å²) >= 11 is -1.86. The molecule has 0 spiro atoms. The molecule has 0 radical (unpaired) electrons. The van der Waals surface area contributed by atoms with Gasteiger partial charge in [-0.05, 0) is 64.0 Å². The molecular formula is C19H30NO5S-. The number of aliphatic imine (C=N–C) groups is 1. The van der Waals surface area contributed by atoms with Crippen molar-refractivity contribution >= 4 is 23.3 Å². The van der Waals surface area contributed by atoms with E-state index >= 15 is 0 Å². The lowest BCUT2D eigenvalue weighted by molar-refractivity contribution is -0.156. The number of esters is 1. The van der Waals surface area contributed by atoms with Crippen LogP contribution in [0.5, 0.6) is 0 Å². The Hall–Kier alpha value is -1.57. The molecule has 3 atom stereocenters. The molecule has 1 aromatic rings. The summed E-state index contributed by atoms with van der Waals surface area (Å²) in [6.45, 7) is 11.1. The second kappa shape index (κ2) is 11.2. The van der Waals surface area contributed by atoms with Gasteiger partial charge in [0.15, 0.2) is 0 Å². The molecule has 0 heterocycles. The van der Waals surface area contributed by atoms with Crippen LogP contribution >= 0.6 is 0 Å². The SMILES string of the molecule is CCC(N=Cc1ccc(C(C)O)cc1C)C(=O)OC(C)(C)C.CS(=O)[O-]. The van der Waals surface area contributed by atoms with Crippen LogP contribution in [0.25, 0.3) is 0 Å². The van der Waals surface area contributed by atoms with Gasteiger partial charge in [0, 0.05) is 6.21 Å². The molecule has 0 saturated heterocycles. The molecule has 1 rings (SSSR count). The summed E-state index contributed by atoms with van der Waals surface area (Å²) in [6.07, 6.45) is 2.89. The molecule has 148 valence electrons. The smallest absolute Gasteiger partial charge is 0.331 e. The highest BCUT2D eigenvalue weighted by atomic mass is 32.2. The molecule has 0 fully saturated rings. The lowest BCUT2D eigenvalue weighted by Gasteiger charge is -2.21. The summed E-state index contributed by atoms with van der Waals surface area (Å²) in [5.74, 6) is -0.301. The number of carbonyl (C=O) groups is 1. The predicted octanol–water partition coefficient (Wildman–Crippen LogP) is 3.08. The standard InChI is InChI=1S/C18H27NO3.CH4O2S/c1-7-16(17(21)22-18(4,5)6)19-11-15-9-8-14(13(3)20)10-12(15)2;1-4(2)3/h8-11,13,16,20H,7H2,1-6H3;1H3,(H,2,3)/p-1. The zero-order valence-corrected chi connectivity index (χ0v) is 17.4. The van der Waals surface area contributed by atoms with Crippen molar-refractivity contribution in [2.45, 2.75) is 65.7 Å². The van der Waals surface area contributed by atoms with Crippen molar-refractivity contribution in [2.24, 2.45) is 4.99 Å². The number of nitrogens with zero attached hydrogens (tertiary/aromatic N) is 1. The summed E-state index contributed by atoms with van der Waals surface area (Å²) in [6, 6.07) is 5.21. The van der Waals surface area contributed by atoms with Crippen molar-refractivity contribution in [3.05, 3.63) is 34.9 Å². The molecule has 3 unspecified atom stereocenters. The predicted molar refractivity (Wildman–Crippen MR) is 104 cm³/mol. The molecule has 0 bridgehead atoms. The summed E-state index contributed by atoms with van der Waals surface area (Å²) in [5.41, 5.74) is 2.32. The van der Waals surface area contributed by atoms with Gasteiger partial charge in [-0.15, -0.1) is 0 Å². The van der Waals surface area contributed by atoms with E-state index in [1.54, 1.807) is 13.1 Å². The van der Waals surface area contributed by atoms with Gasteiger partial charge in [0.25, 0.3) is 0 Å². The van der Waals surface area contributed by atoms with Gasteiger partial charge in [-0.2, -0.15) is 0 Å². The van der Waals surface area contributed by atoms with E-state index in [-0.39, 0.29) is 5.97 Å². The van der Waals surface area contributed by atoms with Crippen LogP contribution in [0.2, 0.25) is 0 Å². The van der Waals surface area contributed by atoms with Gasteiger partial charge in [0.1, 0.15) is 11.6 Å².